The Labute approximate surface area is 105 Å². The van der Waals surface area contributed by atoms with Crippen LogP contribution in [-0.4, -0.2) is 13.7 Å². The molecular formula is C14H15NOS. The van der Waals surface area contributed by atoms with Crippen LogP contribution in [0.4, 0.5) is 5.69 Å². The molecule has 2 nitrogen and oxygen atoms in total. The standard InChI is InChI=1S/C14H15NOS/c1-16-12-4-5-13-10(8-12)7-11(9-15-13)14-3-2-6-17-14/h2-6,8,11,15H,7,9H2,1H3. The third-order valence-corrected chi connectivity index (χ3v) is 4.30. The van der Waals surface area contributed by atoms with Crippen molar-refractivity contribution in [3.05, 3.63) is 46.2 Å². The van der Waals surface area contributed by atoms with Crippen LogP contribution in [0.3, 0.4) is 0 Å². The Balaban J connectivity index is 1.89. The fraction of sp³-hybridized carbons (Fsp3) is 0.286. The first-order valence-electron chi connectivity index (χ1n) is 5.81. The summed E-state index contributed by atoms with van der Waals surface area (Å²) in [7, 11) is 1.72. The van der Waals surface area contributed by atoms with E-state index in [4.69, 9.17) is 4.74 Å². The van der Waals surface area contributed by atoms with Crippen molar-refractivity contribution in [3.63, 3.8) is 0 Å². The highest BCUT2D eigenvalue weighted by Crippen LogP contribution is 2.34. The molecule has 0 fully saturated rings. The lowest BCUT2D eigenvalue weighted by Crippen LogP contribution is -2.20. The second kappa shape index (κ2) is 4.41. The molecule has 0 bridgehead atoms. The van der Waals surface area contributed by atoms with Crippen LogP contribution < -0.4 is 10.1 Å². The van der Waals surface area contributed by atoms with E-state index in [-0.39, 0.29) is 0 Å². The summed E-state index contributed by atoms with van der Waals surface area (Å²) in [6, 6.07) is 10.6. The van der Waals surface area contributed by atoms with Gasteiger partial charge in [0.25, 0.3) is 0 Å². The van der Waals surface area contributed by atoms with E-state index in [0.29, 0.717) is 5.92 Å². The first kappa shape index (κ1) is 10.7. The number of anilines is 1. The van der Waals surface area contributed by atoms with E-state index >= 15 is 0 Å². The molecule has 1 aliphatic heterocycles. The van der Waals surface area contributed by atoms with Gasteiger partial charge in [0.15, 0.2) is 0 Å². The van der Waals surface area contributed by atoms with Crippen molar-refractivity contribution in [2.24, 2.45) is 0 Å². The van der Waals surface area contributed by atoms with Crippen molar-refractivity contribution in [2.75, 3.05) is 19.0 Å². The smallest absolute Gasteiger partial charge is 0.119 e. The zero-order valence-corrected chi connectivity index (χ0v) is 10.6. The van der Waals surface area contributed by atoms with Crippen LogP contribution in [-0.2, 0) is 6.42 Å². The van der Waals surface area contributed by atoms with Crippen molar-refractivity contribution in [1.29, 1.82) is 0 Å². The molecule has 3 rings (SSSR count). The average molecular weight is 245 g/mol. The second-order valence-corrected chi connectivity index (χ2v) is 5.30. The third kappa shape index (κ3) is 2.03. The molecule has 0 amide bonds. The van der Waals surface area contributed by atoms with Gasteiger partial charge in [0.1, 0.15) is 5.75 Å². The summed E-state index contributed by atoms with van der Waals surface area (Å²) in [6.45, 7) is 1.03. The van der Waals surface area contributed by atoms with Gasteiger partial charge in [-0.1, -0.05) is 6.07 Å². The van der Waals surface area contributed by atoms with Gasteiger partial charge in [-0.3, -0.25) is 0 Å². The van der Waals surface area contributed by atoms with Crippen molar-refractivity contribution in [1.82, 2.24) is 0 Å². The van der Waals surface area contributed by atoms with E-state index in [0.717, 1.165) is 18.7 Å². The molecule has 2 aromatic rings. The number of hydrogen-bond donors (Lipinski definition) is 1. The molecule has 17 heavy (non-hydrogen) atoms. The van der Waals surface area contributed by atoms with Gasteiger partial charge in [-0.05, 0) is 41.6 Å². The Morgan fingerprint density at radius 2 is 2.29 bits per heavy atom. The summed E-state index contributed by atoms with van der Waals surface area (Å²) >= 11 is 1.84. The summed E-state index contributed by atoms with van der Waals surface area (Å²) in [5.74, 6) is 1.53. The van der Waals surface area contributed by atoms with E-state index in [1.165, 1.54) is 16.1 Å². The Kier molecular flexibility index (Phi) is 2.77. The number of fused-ring (bicyclic) bond motifs is 1. The third-order valence-electron chi connectivity index (χ3n) is 3.26. The number of benzene rings is 1. The zero-order chi connectivity index (χ0) is 11.7. The molecule has 0 radical (unpaired) electrons. The van der Waals surface area contributed by atoms with Gasteiger partial charge in [0, 0.05) is 23.0 Å². The Hall–Kier alpha value is -1.48. The van der Waals surface area contributed by atoms with Crippen molar-refractivity contribution < 1.29 is 4.74 Å². The Morgan fingerprint density at radius 3 is 3.06 bits per heavy atom. The molecule has 1 unspecified atom stereocenters. The molecule has 1 aromatic carbocycles. The predicted molar refractivity (Wildman–Crippen MR) is 72.2 cm³/mol. The first-order chi connectivity index (χ1) is 8.36. The van der Waals surface area contributed by atoms with Crippen LogP contribution in [0.15, 0.2) is 35.7 Å². The highest BCUT2D eigenvalue weighted by Gasteiger charge is 2.20. The molecule has 1 atom stereocenters. The molecule has 0 saturated heterocycles. The fourth-order valence-corrected chi connectivity index (χ4v) is 3.16. The summed E-state index contributed by atoms with van der Waals surface area (Å²) in [5.41, 5.74) is 2.60. The molecule has 3 heteroatoms. The lowest BCUT2D eigenvalue weighted by molar-refractivity contribution is 0.414. The Morgan fingerprint density at radius 1 is 1.35 bits per heavy atom. The summed E-state index contributed by atoms with van der Waals surface area (Å²) in [5, 5.41) is 5.65. The van der Waals surface area contributed by atoms with Gasteiger partial charge >= 0.3 is 0 Å². The molecule has 1 aliphatic rings. The second-order valence-electron chi connectivity index (χ2n) is 4.32. The van der Waals surface area contributed by atoms with Gasteiger partial charge in [0.05, 0.1) is 7.11 Å². The largest absolute Gasteiger partial charge is 0.497 e. The molecule has 0 aliphatic carbocycles. The number of rotatable bonds is 2. The van der Waals surface area contributed by atoms with Crippen LogP contribution in [0.5, 0.6) is 5.75 Å². The maximum atomic E-state index is 5.28. The maximum Gasteiger partial charge on any atom is 0.119 e. The molecular weight excluding hydrogens is 230 g/mol. The number of hydrogen-bond acceptors (Lipinski definition) is 3. The minimum absolute atomic E-state index is 0.592. The van der Waals surface area contributed by atoms with Crippen LogP contribution in [0.25, 0.3) is 0 Å². The normalized spacial score (nSPS) is 18.3. The number of thiophene rings is 1. The molecule has 0 saturated carbocycles. The lowest BCUT2D eigenvalue weighted by atomic mass is 9.92. The molecule has 1 aromatic heterocycles. The zero-order valence-electron chi connectivity index (χ0n) is 9.77. The van der Waals surface area contributed by atoms with Crippen LogP contribution in [0.1, 0.15) is 16.4 Å². The van der Waals surface area contributed by atoms with Gasteiger partial charge in [-0.2, -0.15) is 0 Å². The number of ether oxygens (including phenoxy) is 1. The van der Waals surface area contributed by atoms with Crippen molar-refractivity contribution in [3.8, 4) is 5.75 Å². The number of nitrogens with one attached hydrogen (secondary N) is 1. The fourth-order valence-electron chi connectivity index (χ4n) is 2.33. The maximum absolute atomic E-state index is 5.28. The highest BCUT2D eigenvalue weighted by atomic mass is 32.1. The quantitative estimate of drug-likeness (QED) is 0.874. The van der Waals surface area contributed by atoms with Crippen LogP contribution in [0, 0.1) is 0 Å². The van der Waals surface area contributed by atoms with E-state index in [1.54, 1.807) is 7.11 Å². The van der Waals surface area contributed by atoms with Gasteiger partial charge in [0.2, 0.25) is 0 Å². The van der Waals surface area contributed by atoms with Gasteiger partial charge < -0.3 is 10.1 Å². The van der Waals surface area contributed by atoms with Gasteiger partial charge in [-0.25, -0.2) is 0 Å². The summed E-state index contributed by atoms with van der Waals surface area (Å²) < 4.78 is 5.28. The van der Waals surface area contributed by atoms with Gasteiger partial charge in [-0.15, -0.1) is 11.3 Å². The highest BCUT2D eigenvalue weighted by molar-refractivity contribution is 7.10. The van der Waals surface area contributed by atoms with Crippen LogP contribution in [0.2, 0.25) is 0 Å². The molecule has 2 heterocycles. The van der Waals surface area contributed by atoms with Crippen molar-refractivity contribution in [2.45, 2.75) is 12.3 Å². The minimum atomic E-state index is 0.592. The van der Waals surface area contributed by atoms with Crippen LogP contribution >= 0.6 is 11.3 Å². The summed E-state index contributed by atoms with van der Waals surface area (Å²) in [6.07, 6.45) is 1.10. The number of methoxy groups -OCH3 is 1. The molecule has 88 valence electrons. The molecule has 0 spiro atoms. The van der Waals surface area contributed by atoms with E-state index in [2.05, 4.69) is 35.0 Å². The monoisotopic (exact) mass is 245 g/mol. The minimum Gasteiger partial charge on any atom is -0.497 e. The Bertz CT molecular complexity index is 507. The lowest BCUT2D eigenvalue weighted by Gasteiger charge is -2.25. The van der Waals surface area contributed by atoms with Crippen molar-refractivity contribution >= 4 is 17.0 Å². The SMILES string of the molecule is COc1ccc2c(c1)CC(c1cccs1)CN2. The summed E-state index contributed by atoms with van der Waals surface area (Å²) in [4.78, 5) is 1.46. The molecule has 1 N–H and O–H groups in total. The van der Waals surface area contributed by atoms with E-state index < -0.39 is 0 Å². The van der Waals surface area contributed by atoms with E-state index in [1.807, 2.05) is 17.4 Å². The average Bonchev–Trinajstić information content (AvgIpc) is 2.91. The first-order valence-corrected chi connectivity index (χ1v) is 6.69. The topological polar surface area (TPSA) is 21.3 Å². The van der Waals surface area contributed by atoms with E-state index in [9.17, 15) is 0 Å². The predicted octanol–water partition coefficient (Wildman–Crippen LogP) is 3.51.